The molecule has 29 heavy (non-hydrogen) atoms. The Morgan fingerprint density at radius 1 is 1.07 bits per heavy atom. The van der Waals surface area contributed by atoms with Crippen molar-refractivity contribution in [2.75, 3.05) is 6.26 Å². The van der Waals surface area contributed by atoms with Gasteiger partial charge in [0.25, 0.3) is 5.91 Å². The van der Waals surface area contributed by atoms with E-state index < -0.39 is 9.84 Å². The Hall–Kier alpha value is -2.64. The quantitative estimate of drug-likeness (QED) is 0.640. The second-order valence-corrected chi connectivity index (χ2v) is 9.87. The van der Waals surface area contributed by atoms with Gasteiger partial charge in [-0.2, -0.15) is 0 Å². The molecule has 0 atom stereocenters. The zero-order valence-electron chi connectivity index (χ0n) is 16.5. The lowest BCUT2D eigenvalue weighted by atomic mass is 10.2. The second-order valence-electron chi connectivity index (χ2n) is 6.83. The van der Waals surface area contributed by atoms with E-state index in [2.05, 4.69) is 16.4 Å². The minimum atomic E-state index is -3.23. The molecule has 150 valence electrons. The number of hydrogen-bond donors (Lipinski definition) is 1. The summed E-state index contributed by atoms with van der Waals surface area (Å²) in [6.07, 6.45) is 2.84. The van der Waals surface area contributed by atoms with E-state index in [4.69, 9.17) is 0 Å². The number of carbonyl (C=O) groups is 1. The van der Waals surface area contributed by atoms with Crippen LogP contribution in [-0.4, -0.2) is 25.6 Å². The molecule has 0 aliphatic rings. The number of carbonyl (C=O) groups excluding carboxylic acids is 1. The van der Waals surface area contributed by atoms with Crippen LogP contribution in [0.5, 0.6) is 0 Å². The molecule has 0 saturated carbocycles. The SMILES string of the molecule is Cc1ccc(Sc2ncccc2C(=O)NCc2ccc(S(C)(=O)=O)cc2)c(C)c1. The fraction of sp³-hybridized carbons (Fsp3) is 0.182. The first-order chi connectivity index (χ1) is 13.7. The van der Waals surface area contributed by atoms with Crippen LogP contribution in [0.4, 0.5) is 0 Å². The topological polar surface area (TPSA) is 76.1 Å². The van der Waals surface area contributed by atoms with Gasteiger partial charge in [-0.3, -0.25) is 4.79 Å². The average Bonchev–Trinajstić information content (AvgIpc) is 2.68. The molecule has 1 aromatic heterocycles. The lowest BCUT2D eigenvalue weighted by Gasteiger charge is -2.11. The molecule has 1 amide bonds. The Labute approximate surface area is 175 Å². The van der Waals surface area contributed by atoms with Crippen molar-refractivity contribution in [3.8, 4) is 0 Å². The molecule has 0 saturated heterocycles. The Morgan fingerprint density at radius 2 is 1.79 bits per heavy atom. The van der Waals surface area contributed by atoms with Gasteiger partial charge >= 0.3 is 0 Å². The van der Waals surface area contributed by atoms with Crippen molar-refractivity contribution in [1.82, 2.24) is 10.3 Å². The third-order valence-electron chi connectivity index (χ3n) is 4.36. The van der Waals surface area contributed by atoms with Gasteiger partial charge in [-0.05, 0) is 55.3 Å². The van der Waals surface area contributed by atoms with Crippen LogP contribution in [0, 0.1) is 13.8 Å². The molecule has 0 spiro atoms. The molecule has 3 aromatic rings. The Kier molecular flexibility index (Phi) is 6.39. The van der Waals surface area contributed by atoms with Crippen molar-refractivity contribution in [2.24, 2.45) is 0 Å². The standard InChI is InChI=1S/C22H22N2O3S2/c1-15-6-11-20(16(2)13-15)28-22-19(5-4-12-23-22)21(25)24-14-17-7-9-18(10-8-17)29(3,26)27/h4-13H,14H2,1-3H3,(H,24,25). The zero-order valence-corrected chi connectivity index (χ0v) is 18.1. The van der Waals surface area contributed by atoms with Gasteiger partial charge < -0.3 is 5.32 Å². The highest BCUT2D eigenvalue weighted by Crippen LogP contribution is 2.31. The highest BCUT2D eigenvalue weighted by Gasteiger charge is 2.14. The minimum absolute atomic E-state index is 0.224. The minimum Gasteiger partial charge on any atom is -0.348 e. The molecule has 3 rings (SSSR count). The molecule has 7 heteroatoms. The van der Waals surface area contributed by atoms with E-state index in [0.717, 1.165) is 16.0 Å². The summed E-state index contributed by atoms with van der Waals surface area (Å²) < 4.78 is 23.1. The Balaban J connectivity index is 1.73. The van der Waals surface area contributed by atoms with E-state index >= 15 is 0 Å². The average molecular weight is 427 g/mol. The van der Waals surface area contributed by atoms with E-state index in [-0.39, 0.29) is 10.8 Å². The van der Waals surface area contributed by atoms with Crippen LogP contribution < -0.4 is 5.32 Å². The fourth-order valence-electron chi connectivity index (χ4n) is 2.80. The smallest absolute Gasteiger partial charge is 0.254 e. The van der Waals surface area contributed by atoms with Crippen LogP contribution in [-0.2, 0) is 16.4 Å². The Bertz CT molecular complexity index is 1140. The molecule has 0 radical (unpaired) electrons. The number of benzene rings is 2. The first-order valence-electron chi connectivity index (χ1n) is 9.01. The highest BCUT2D eigenvalue weighted by atomic mass is 32.2. The van der Waals surface area contributed by atoms with Crippen molar-refractivity contribution in [3.05, 3.63) is 83.0 Å². The van der Waals surface area contributed by atoms with Crippen LogP contribution in [0.25, 0.3) is 0 Å². The van der Waals surface area contributed by atoms with Crippen LogP contribution in [0.1, 0.15) is 27.0 Å². The van der Waals surface area contributed by atoms with E-state index in [1.54, 1.807) is 42.6 Å². The van der Waals surface area contributed by atoms with E-state index in [9.17, 15) is 13.2 Å². The predicted octanol–water partition coefficient (Wildman–Crippen LogP) is 4.18. The van der Waals surface area contributed by atoms with E-state index in [0.29, 0.717) is 17.1 Å². The molecule has 0 bridgehead atoms. The predicted molar refractivity (Wildman–Crippen MR) is 115 cm³/mol. The van der Waals surface area contributed by atoms with Gasteiger partial charge in [0.2, 0.25) is 0 Å². The number of aromatic nitrogens is 1. The van der Waals surface area contributed by atoms with Crippen LogP contribution in [0.3, 0.4) is 0 Å². The number of nitrogens with one attached hydrogen (secondary N) is 1. The third-order valence-corrected chi connectivity index (χ3v) is 6.68. The molecule has 0 unspecified atom stereocenters. The monoisotopic (exact) mass is 426 g/mol. The van der Waals surface area contributed by atoms with Gasteiger partial charge in [-0.1, -0.05) is 41.6 Å². The number of aryl methyl sites for hydroxylation is 2. The van der Waals surface area contributed by atoms with Gasteiger partial charge in [-0.15, -0.1) is 0 Å². The summed E-state index contributed by atoms with van der Waals surface area (Å²) in [4.78, 5) is 18.4. The van der Waals surface area contributed by atoms with Gasteiger partial charge in [0.05, 0.1) is 10.5 Å². The molecular weight excluding hydrogens is 404 g/mol. The van der Waals surface area contributed by atoms with Crippen molar-refractivity contribution in [3.63, 3.8) is 0 Å². The Morgan fingerprint density at radius 3 is 2.45 bits per heavy atom. The first-order valence-corrected chi connectivity index (χ1v) is 11.7. The van der Waals surface area contributed by atoms with Gasteiger partial charge in [0, 0.05) is 23.9 Å². The third kappa shape index (κ3) is 5.46. The summed E-state index contributed by atoms with van der Waals surface area (Å²) in [6.45, 7) is 4.38. The number of rotatable bonds is 6. The largest absolute Gasteiger partial charge is 0.348 e. The summed E-state index contributed by atoms with van der Waals surface area (Å²) in [5.74, 6) is -0.224. The van der Waals surface area contributed by atoms with Gasteiger partial charge in [0.15, 0.2) is 9.84 Å². The maximum Gasteiger partial charge on any atom is 0.254 e. The van der Waals surface area contributed by atoms with Crippen molar-refractivity contribution >= 4 is 27.5 Å². The van der Waals surface area contributed by atoms with Crippen LogP contribution in [0.15, 0.2) is 75.6 Å². The van der Waals surface area contributed by atoms with Gasteiger partial charge in [0.1, 0.15) is 5.03 Å². The molecule has 5 nitrogen and oxygen atoms in total. The number of pyridine rings is 1. The zero-order chi connectivity index (χ0) is 21.0. The normalized spacial score (nSPS) is 11.3. The molecule has 0 fully saturated rings. The maximum absolute atomic E-state index is 12.7. The summed E-state index contributed by atoms with van der Waals surface area (Å²) in [6, 6.07) is 16.2. The lowest BCUT2D eigenvalue weighted by molar-refractivity contribution is 0.0947. The number of nitrogens with zero attached hydrogens (tertiary/aromatic N) is 1. The molecule has 0 aliphatic heterocycles. The summed E-state index contributed by atoms with van der Waals surface area (Å²) in [5, 5.41) is 3.52. The fourth-order valence-corrected chi connectivity index (χ4v) is 4.37. The lowest BCUT2D eigenvalue weighted by Crippen LogP contribution is -2.23. The number of amides is 1. The summed E-state index contributed by atoms with van der Waals surface area (Å²) in [7, 11) is -3.23. The second kappa shape index (κ2) is 8.80. The molecule has 2 aromatic carbocycles. The first kappa shape index (κ1) is 21.1. The van der Waals surface area contributed by atoms with Crippen molar-refractivity contribution < 1.29 is 13.2 Å². The molecule has 1 heterocycles. The molecule has 0 aliphatic carbocycles. The van der Waals surface area contributed by atoms with E-state index in [1.807, 2.05) is 26.0 Å². The number of sulfone groups is 1. The van der Waals surface area contributed by atoms with Crippen LogP contribution >= 0.6 is 11.8 Å². The van der Waals surface area contributed by atoms with E-state index in [1.165, 1.54) is 23.6 Å². The van der Waals surface area contributed by atoms with Crippen LogP contribution in [0.2, 0.25) is 0 Å². The summed E-state index contributed by atoms with van der Waals surface area (Å²) >= 11 is 1.47. The molecular formula is C22H22N2O3S2. The maximum atomic E-state index is 12.7. The van der Waals surface area contributed by atoms with Gasteiger partial charge in [-0.25, -0.2) is 13.4 Å². The molecule has 1 N–H and O–H groups in total. The van der Waals surface area contributed by atoms with Crippen molar-refractivity contribution in [2.45, 2.75) is 35.2 Å². The van der Waals surface area contributed by atoms with Crippen molar-refractivity contribution in [1.29, 1.82) is 0 Å². The summed E-state index contributed by atoms with van der Waals surface area (Å²) in [5.41, 5.74) is 3.65. The highest BCUT2D eigenvalue weighted by molar-refractivity contribution is 7.99. The number of hydrogen-bond acceptors (Lipinski definition) is 5.